The second-order valence-electron chi connectivity index (χ2n) is 2.27. The smallest absolute Gasteiger partial charge is 0.0893 e. The van der Waals surface area contributed by atoms with Crippen LogP contribution >= 0.6 is 0 Å². The van der Waals surface area contributed by atoms with Crippen LogP contribution in [0.15, 0.2) is 0 Å². The molecule has 0 bridgehead atoms. The second kappa shape index (κ2) is 3.82. The van der Waals surface area contributed by atoms with Gasteiger partial charge in [0.25, 0.3) is 0 Å². The van der Waals surface area contributed by atoms with Crippen LogP contribution in [0, 0.1) is 0 Å². The Labute approximate surface area is 56.8 Å². The van der Waals surface area contributed by atoms with Crippen LogP contribution in [-0.4, -0.2) is 33.5 Å². The number of hydrogen-bond donors (Lipinski definition) is 2. The first kappa shape index (κ1) is 8.88. The van der Waals surface area contributed by atoms with E-state index in [4.69, 9.17) is 4.74 Å². The molecule has 0 aliphatic rings. The molecule has 0 saturated heterocycles. The average Bonchev–Trinajstić information content (AvgIpc) is 1.89. The zero-order valence-electron chi connectivity index (χ0n) is 6.62. The highest BCUT2D eigenvalue weighted by molar-refractivity contribution is 4.75. The maximum absolute atomic E-state index is 4.96. The molecule has 0 aromatic carbocycles. The predicted octanol–water partition coefficient (Wildman–Crippen LogP) is -0.212. The molecule has 0 unspecified atom stereocenters. The Hall–Kier alpha value is -0.120. The summed E-state index contributed by atoms with van der Waals surface area (Å²) in [6.45, 7) is 2.70. The average molecular weight is 132 g/mol. The Kier molecular flexibility index (Phi) is 3.77. The summed E-state index contributed by atoms with van der Waals surface area (Å²) in [5.74, 6) is 0. The lowest BCUT2D eigenvalue weighted by molar-refractivity contribution is 0.108. The molecule has 3 heteroatoms. The van der Waals surface area contributed by atoms with Crippen LogP contribution in [0.3, 0.4) is 0 Å². The normalized spacial score (nSPS) is 12.0. The van der Waals surface area contributed by atoms with Crippen molar-refractivity contribution in [2.24, 2.45) is 0 Å². The molecular weight excluding hydrogens is 116 g/mol. The largest absolute Gasteiger partial charge is 0.381 e. The Morgan fingerprint density at radius 2 is 1.78 bits per heavy atom. The molecule has 0 heterocycles. The van der Waals surface area contributed by atoms with E-state index in [1.54, 1.807) is 7.11 Å². The van der Waals surface area contributed by atoms with Crippen LogP contribution in [0.2, 0.25) is 0 Å². The lowest BCUT2D eigenvalue weighted by atomic mass is 10.2. The molecule has 0 aliphatic carbocycles. The first-order chi connectivity index (χ1) is 4.18. The third-order valence-corrected chi connectivity index (χ3v) is 1.54. The first-order valence-electron chi connectivity index (χ1n) is 3.05. The molecule has 0 fully saturated rings. The maximum Gasteiger partial charge on any atom is 0.0893 e. The molecule has 0 aromatic rings. The molecule has 0 spiro atoms. The van der Waals surface area contributed by atoms with Crippen molar-refractivity contribution in [2.75, 3.05) is 27.8 Å². The van der Waals surface area contributed by atoms with E-state index in [0.29, 0.717) is 6.61 Å². The number of nitrogens with one attached hydrogen (secondary N) is 2. The summed E-state index contributed by atoms with van der Waals surface area (Å²) in [7, 11) is 5.48. The van der Waals surface area contributed by atoms with Gasteiger partial charge in [-0.1, -0.05) is 0 Å². The number of likely N-dealkylation sites (N-methyl/N-ethyl adjacent to an activating group) is 2. The van der Waals surface area contributed by atoms with Crippen molar-refractivity contribution in [1.29, 1.82) is 0 Å². The van der Waals surface area contributed by atoms with Gasteiger partial charge in [0.1, 0.15) is 0 Å². The molecular formula is C6H16N2O. The van der Waals surface area contributed by atoms with Gasteiger partial charge in [0.05, 0.1) is 12.3 Å². The van der Waals surface area contributed by atoms with E-state index in [1.807, 2.05) is 21.0 Å². The van der Waals surface area contributed by atoms with E-state index in [1.165, 1.54) is 0 Å². The molecule has 9 heavy (non-hydrogen) atoms. The van der Waals surface area contributed by atoms with Crippen LogP contribution in [0.4, 0.5) is 0 Å². The summed E-state index contributed by atoms with van der Waals surface area (Å²) in [4.78, 5) is 0. The van der Waals surface area contributed by atoms with Gasteiger partial charge in [0.2, 0.25) is 0 Å². The number of ether oxygens (including phenoxy) is 1. The molecule has 0 aromatic heterocycles. The molecule has 0 amide bonds. The summed E-state index contributed by atoms with van der Waals surface area (Å²) in [6.07, 6.45) is 0. The van der Waals surface area contributed by atoms with Crippen LogP contribution in [0.25, 0.3) is 0 Å². The highest BCUT2D eigenvalue weighted by atomic mass is 16.5. The third kappa shape index (κ3) is 2.79. The SMILES string of the molecule is CNC(C)(COC)NC. The number of rotatable bonds is 4. The fourth-order valence-electron chi connectivity index (χ4n) is 0.558. The van der Waals surface area contributed by atoms with Crippen LogP contribution < -0.4 is 10.6 Å². The number of hydrogen-bond acceptors (Lipinski definition) is 3. The number of methoxy groups -OCH3 is 1. The Balaban J connectivity index is 3.62. The van der Waals surface area contributed by atoms with Gasteiger partial charge in [0.15, 0.2) is 0 Å². The standard InChI is InChI=1S/C6H16N2O/c1-6(7-2,8-3)5-9-4/h7-8H,5H2,1-4H3. The van der Waals surface area contributed by atoms with Gasteiger partial charge in [-0.05, 0) is 21.0 Å². The van der Waals surface area contributed by atoms with Crippen LogP contribution in [0.5, 0.6) is 0 Å². The van der Waals surface area contributed by atoms with Gasteiger partial charge in [-0.3, -0.25) is 0 Å². The van der Waals surface area contributed by atoms with Crippen molar-refractivity contribution in [3.63, 3.8) is 0 Å². The third-order valence-electron chi connectivity index (χ3n) is 1.54. The van der Waals surface area contributed by atoms with Crippen molar-refractivity contribution in [1.82, 2.24) is 10.6 Å². The predicted molar refractivity (Wildman–Crippen MR) is 38.4 cm³/mol. The molecule has 0 rings (SSSR count). The lowest BCUT2D eigenvalue weighted by Gasteiger charge is -2.27. The van der Waals surface area contributed by atoms with Gasteiger partial charge in [-0.2, -0.15) is 0 Å². The summed E-state index contributed by atoms with van der Waals surface area (Å²) in [6, 6.07) is 0. The van der Waals surface area contributed by atoms with Gasteiger partial charge < -0.3 is 15.4 Å². The summed E-state index contributed by atoms with van der Waals surface area (Å²) >= 11 is 0. The second-order valence-corrected chi connectivity index (χ2v) is 2.27. The van der Waals surface area contributed by atoms with Crippen molar-refractivity contribution < 1.29 is 4.74 Å². The summed E-state index contributed by atoms with van der Waals surface area (Å²) < 4.78 is 4.96. The Bertz CT molecular complexity index is 71.5. The van der Waals surface area contributed by atoms with E-state index in [2.05, 4.69) is 10.6 Å². The van der Waals surface area contributed by atoms with E-state index in [0.717, 1.165) is 0 Å². The molecule has 0 atom stereocenters. The molecule has 56 valence electrons. The fraction of sp³-hybridized carbons (Fsp3) is 1.00. The monoisotopic (exact) mass is 132 g/mol. The maximum atomic E-state index is 4.96. The van der Waals surface area contributed by atoms with Crippen molar-refractivity contribution >= 4 is 0 Å². The van der Waals surface area contributed by atoms with E-state index in [-0.39, 0.29) is 5.66 Å². The van der Waals surface area contributed by atoms with Gasteiger partial charge >= 0.3 is 0 Å². The zero-order valence-corrected chi connectivity index (χ0v) is 6.62. The fourth-order valence-corrected chi connectivity index (χ4v) is 0.558. The Morgan fingerprint density at radius 1 is 1.33 bits per heavy atom. The van der Waals surface area contributed by atoms with Gasteiger partial charge in [0, 0.05) is 7.11 Å². The van der Waals surface area contributed by atoms with E-state index >= 15 is 0 Å². The summed E-state index contributed by atoms with van der Waals surface area (Å²) in [5.41, 5.74) is -0.0885. The van der Waals surface area contributed by atoms with E-state index < -0.39 is 0 Å². The minimum atomic E-state index is -0.0885. The van der Waals surface area contributed by atoms with Crippen molar-refractivity contribution in [3.05, 3.63) is 0 Å². The quantitative estimate of drug-likeness (QED) is 0.519. The first-order valence-corrected chi connectivity index (χ1v) is 3.05. The van der Waals surface area contributed by atoms with Crippen LogP contribution in [-0.2, 0) is 4.74 Å². The van der Waals surface area contributed by atoms with Crippen molar-refractivity contribution in [2.45, 2.75) is 12.6 Å². The molecule has 3 nitrogen and oxygen atoms in total. The van der Waals surface area contributed by atoms with Crippen LogP contribution in [0.1, 0.15) is 6.92 Å². The molecule has 0 aliphatic heterocycles. The van der Waals surface area contributed by atoms with Gasteiger partial charge in [-0.15, -0.1) is 0 Å². The van der Waals surface area contributed by atoms with E-state index in [9.17, 15) is 0 Å². The Morgan fingerprint density at radius 3 is 1.89 bits per heavy atom. The lowest BCUT2D eigenvalue weighted by Crippen LogP contribution is -2.54. The topological polar surface area (TPSA) is 33.3 Å². The zero-order chi connectivity index (χ0) is 7.33. The summed E-state index contributed by atoms with van der Waals surface area (Å²) in [5, 5.41) is 6.19. The molecule has 2 N–H and O–H groups in total. The highest BCUT2D eigenvalue weighted by Gasteiger charge is 2.17. The van der Waals surface area contributed by atoms with Gasteiger partial charge in [-0.25, -0.2) is 0 Å². The highest BCUT2D eigenvalue weighted by Crippen LogP contribution is 1.94. The molecule has 0 saturated carbocycles. The van der Waals surface area contributed by atoms with Crippen molar-refractivity contribution in [3.8, 4) is 0 Å². The minimum Gasteiger partial charge on any atom is -0.381 e. The minimum absolute atomic E-state index is 0.0885. The molecule has 0 radical (unpaired) electrons.